The quantitative estimate of drug-likeness (QED) is 0.859. The molecule has 0 aliphatic carbocycles. The SMILES string of the molecule is CCN1CCC(c2cc(Br)c(OC)nn2)CC1. The Morgan fingerprint density at radius 1 is 1.41 bits per heavy atom. The first-order valence-corrected chi connectivity index (χ1v) is 6.83. The second-order valence-electron chi connectivity index (χ2n) is 4.33. The standard InChI is InChI=1S/C12H18BrN3O/c1-3-16-6-4-9(5-7-16)11-8-10(13)12(17-2)15-14-11/h8-9H,3-7H2,1-2H3. The van der Waals surface area contributed by atoms with Crippen LogP contribution in [0.15, 0.2) is 10.5 Å². The molecule has 0 aromatic carbocycles. The smallest absolute Gasteiger partial charge is 0.247 e. The summed E-state index contributed by atoms with van der Waals surface area (Å²) in [5, 5.41) is 8.34. The van der Waals surface area contributed by atoms with Gasteiger partial charge in [-0.05, 0) is 54.5 Å². The number of aromatic nitrogens is 2. The van der Waals surface area contributed by atoms with E-state index in [1.807, 2.05) is 6.07 Å². The lowest BCUT2D eigenvalue weighted by Gasteiger charge is -2.30. The number of likely N-dealkylation sites (tertiary alicyclic amines) is 1. The molecule has 0 saturated carbocycles. The van der Waals surface area contributed by atoms with Crippen LogP contribution in [0.1, 0.15) is 31.4 Å². The van der Waals surface area contributed by atoms with Gasteiger partial charge in [-0.25, -0.2) is 0 Å². The first kappa shape index (κ1) is 12.8. The zero-order chi connectivity index (χ0) is 12.3. The van der Waals surface area contributed by atoms with Crippen LogP contribution in [-0.4, -0.2) is 41.8 Å². The molecule has 5 heteroatoms. The van der Waals surface area contributed by atoms with Gasteiger partial charge in [0.1, 0.15) is 0 Å². The van der Waals surface area contributed by atoms with Gasteiger partial charge in [-0.1, -0.05) is 6.92 Å². The van der Waals surface area contributed by atoms with Crippen molar-refractivity contribution in [3.05, 3.63) is 16.2 Å². The Balaban J connectivity index is 2.06. The lowest BCUT2D eigenvalue weighted by Crippen LogP contribution is -2.32. The number of rotatable bonds is 3. The Morgan fingerprint density at radius 3 is 2.65 bits per heavy atom. The average Bonchev–Trinajstić information content (AvgIpc) is 2.39. The minimum atomic E-state index is 0.535. The molecule has 17 heavy (non-hydrogen) atoms. The number of hydrogen-bond donors (Lipinski definition) is 0. The number of ether oxygens (including phenoxy) is 1. The summed E-state index contributed by atoms with van der Waals surface area (Å²) < 4.78 is 5.98. The summed E-state index contributed by atoms with van der Waals surface area (Å²) in [5.41, 5.74) is 1.08. The van der Waals surface area contributed by atoms with E-state index in [0.29, 0.717) is 11.8 Å². The van der Waals surface area contributed by atoms with Crippen LogP contribution < -0.4 is 4.74 Å². The third-order valence-corrected chi connectivity index (χ3v) is 3.95. The summed E-state index contributed by atoms with van der Waals surface area (Å²) in [6.45, 7) is 5.67. The van der Waals surface area contributed by atoms with Gasteiger partial charge in [0.2, 0.25) is 5.88 Å². The van der Waals surface area contributed by atoms with Crippen LogP contribution in [0.25, 0.3) is 0 Å². The van der Waals surface area contributed by atoms with Gasteiger partial charge in [0.25, 0.3) is 0 Å². The Morgan fingerprint density at radius 2 is 2.12 bits per heavy atom. The van der Waals surface area contributed by atoms with Gasteiger partial charge in [-0.3, -0.25) is 0 Å². The molecule has 0 bridgehead atoms. The highest BCUT2D eigenvalue weighted by Crippen LogP contribution is 2.30. The first-order valence-electron chi connectivity index (χ1n) is 6.04. The minimum absolute atomic E-state index is 0.535. The molecular formula is C12H18BrN3O. The van der Waals surface area contributed by atoms with E-state index >= 15 is 0 Å². The molecule has 1 aliphatic rings. The van der Waals surface area contributed by atoms with Crippen molar-refractivity contribution < 1.29 is 4.74 Å². The monoisotopic (exact) mass is 299 g/mol. The third kappa shape index (κ3) is 2.96. The van der Waals surface area contributed by atoms with Crippen LogP contribution in [-0.2, 0) is 0 Å². The lowest BCUT2D eigenvalue weighted by atomic mass is 9.93. The first-order chi connectivity index (χ1) is 8.24. The highest BCUT2D eigenvalue weighted by Gasteiger charge is 2.21. The molecule has 2 heterocycles. The Hall–Kier alpha value is -0.680. The highest BCUT2D eigenvalue weighted by atomic mass is 79.9. The highest BCUT2D eigenvalue weighted by molar-refractivity contribution is 9.10. The second kappa shape index (κ2) is 5.78. The average molecular weight is 300 g/mol. The van der Waals surface area contributed by atoms with Crippen LogP contribution >= 0.6 is 15.9 Å². The second-order valence-corrected chi connectivity index (χ2v) is 5.19. The van der Waals surface area contributed by atoms with Crippen LogP contribution in [0, 0.1) is 0 Å². The molecule has 0 spiro atoms. The predicted octanol–water partition coefficient (Wildman–Crippen LogP) is 2.45. The molecule has 1 aromatic rings. The van der Waals surface area contributed by atoms with E-state index in [2.05, 4.69) is 38.0 Å². The molecule has 1 aromatic heterocycles. The molecule has 1 fully saturated rings. The maximum absolute atomic E-state index is 5.09. The third-order valence-electron chi connectivity index (χ3n) is 3.38. The van der Waals surface area contributed by atoms with Crippen LogP contribution in [0.2, 0.25) is 0 Å². The normalized spacial score (nSPS) is 18.3. The van der Waals surface area contributed by atoms with E-state index in [0.717, 1.165) is 29.8 Å². The maximum Gasteiger partial charge on any atom is 0.247 e. The van der Waals surface area contributed by atoms with Gasteiger partial charge in [0.05, 0.1) is 17.3 Å². The summed E-state index contributed by atoms with van der Waals surface area (Å²) in [6, 6.07) is 2.04. The zero-order valence-corrected chi connectivity index (χ0v) is 11.9. The van der Waals surface area contributed by atoms with E-state index in [9.17, 15) is 0 Å². The molecule has 94 valence electrons. The van der Waals surface area contributed by atoms with E-state index in [1.165, 1.54) is 12.8 Å². The number of methoxy groups -OCH3 is 1. The van der Waals surface area contributed by atoms with Gasteiger partial charge in [-0.15, -0.1) is 5.10 Å². The van der Waals surface area contributed by atoms with Crippen molar-refractivity contribution in [2.45, 2.75) is 25.7 Å². The summed E-state index contributed by atoms with van der Waals surface area (Å²) in [7, 11) is 1.61. The summed E-state index contributed by atoms with van der Waals surface area (Å²) in [4.78, 5) is 2.47. The number of hydrogen-bond acceptors (Lipinski definition) is 4. The van der Waals surface area contributed by atoms with Gasteiger partial charge in [-0.2, -0.15) is 5.10 Å². The fraction of sp³-hybridized carbons (Fsp3) is 0.667. The fourth-order valence-corrected chi connectivity index (χ4v) is 2.73. The maximum atomic E-state index is 5.09. The summed E-state index contributed by atoms with van der Waals surface area (Å²) in [6.07, 6.45) is 2.34. The molecule has 1 aliphatic heterocycles. The van der Waals surface area contributed by atoms with E-state index in [-0.39, 0.29) is 0 Å². The summed E-state index contributed by atoms with van der Waals surface area (Å²) in [5.74, 6) is 1.09. The molecule has 1 saturated heterocycles. The molecule has 0 N–H and O–H groups in total. The predicted molar refractivity (Wildman–Crippen MR) is 70.4 cm³/mol. The molecule has 0 radical (unpaired) electrons. The van der Waals surface area contributed by atoms with Crippen molar-refractivity contribution in [1.82, 2.24) is 15.1 Å². The fourth-order valence-electron chi connectivity index (χ4n) is 2.25. The Bertz CT molecular complexity index is 378. The van der Waals surface area contributed by atoms with Crippen molar-refractivity contribution in [2.24, 2.45) is 0 Å². The van der Waals surface area contributed by atoms with E-state index in [4.69, 9.17) is 4.74 Å². The van der Waals surface area contributed by atoms with Crippen molar-refractivity contribution in [2.75, 3.05) is 26.7 Å². The van der Waals surface area contributed by atoms with Crippen LogP contribution in [0.5, 0.6) is 5.88 Å². The van der Waals surface area contributed by atoms with Crippen LogP contribution in [0.4, 0.5) is 0 Å². The number of nitrogens with zero attached hydrogens (tertiary/aromatic N) is 3. The lowest BCUT2D eigenvalue weighted by molar-refractivity contribution is 0.220. The Labute approximate surface area is 110 Å². The van der Waals surface area contributed by atoms with Crippen molar-refractivity contribution in [3.63, 3.8) is 0 Å². The number of piperidine rings is 1. The van der Waals surface area contributed by atoms with Gasteiger partial charge < -0.3 is 9.64 Å². The van der Waals surface area contributed by atoms with Crippen LogP contribution in [0.3, 0.4) is 0 Å². The summed E-state index contributed by atoms with van der Waals surface area (Å²) >= 11 is 3.46. The zero-order valence-electron chi connectivity index (χ0n) is 10.3. The largest absolute Gasteiger partial charge is 0.479 e. The topological polar surface area (TPSA) is 38.2 Å². The number of halogens is 1. The van der Waals surface area contributed by atoms with E-state index in [1.54, 1.807) is 7.11 Å². The molecule has 2 rings (SSSR count). The van der Waals surface area contributed by atoms with Gasteiger partial charge >= 0.3 is 0 Å². The van der Waals surface area contributed by atoms with Crippen molar-refractivity contribution in [1.29, 1.82) is 0 Å². The Kier molecular flexibility index (Phi) is 4.34. The van der Waals surface area contributed by atoms with E-state index < -0.39 is 0 Å². The molecular weight excluding hydrogens is 282 g/mol. The molecule has 0 amide bonds. The molecule has 0 unspecified atom stereocenters. The minimum Gasteiger partial charge on any atom is -0.479 e. The molecule has 0 atom stereocenters. The van der Waals surface area contributed by atoms with Gasteiger partial charge in [0.15, 0.2) is 0 Å². The van der Waals surface area contributed by atoms with Gasteiger partial charge in [0, 0.05) is 5.92 Å². The van der Waals surface area contributed by atoms with Crippen molar-refractivity contribution >= 4 is 15.9 Å². The molecule has 4 nitrogen and oxygen atoms in total. The van der Waals surface area contributed by atoms with Crippen molar-refractivity contribution in [3.8, 4) is 5.88 Å².